The second-order valence-corrected chi connectivity index (χ2v) is 6.44. The van der Waals surface area contributed by atoms with E-state index in [1.807, 2.05) is 6.07 Å². The lowest BCUT2D eigenvalue weighted by molar-refractivity contribution is 0.901. The maximum absolute atomic E-state index is 6.47. The Morgan fingerprint density at radius 1 is 0.917 bits per heavy atom. The van der Waals surface area contributed by atoms with E-state index in [2.05, 4.69) is 66.5 Å². The summed E-state index contributed by atoms with van der Waals surface area (Å²) in [5.41, 5.74) is 15.6. The topological polar surface area (TPSA) is 54.7 Å². The van der Waals surface area contributed by atoms with Crippen LogP contribution in [0.15, 0.2) is 60.7 Å². The molecule has 3 nitrogen and oxygen atoms in total. The predicted octanol–water partition coefficient (Wildman–Crippen LogP) is 4.57. The Bertz CT molecular complexity index is 1090. The summed E-state index contributed by atoms with van der Waals surface area (Å²) in [5, 5.41) is 0. The van der Waals surface area contributed by atoms with Gasteiger partial charge in [0.1, 0.15) is 5.82 Å². The number of benzene rings is 3. The fraction of sp³-hybridized carbons (Fsp3) is 0.0952. The van der Waals surface area contributed by atoms with Crippen LogP contribution in [0.25, 0.3) is 33.5 Å². The molecule has 0 radical (unpaired) electrons. The lowest BCUT2D eigenvalue weighted by Crippen LogP contribution is -2.07. The second-order valence-electron chi connectivity index (χ2n) is 6.44. The van der Waals surface area contributed by atoms with E-state index < -0.39 is 0 Å². The first-order chi connectivity index (χ1) is 11.7. The van der Waals surface area contributed by atoms with Gasteiger partial charge in [0.05, 0.1) is 17.1 Å². The molecule has 0 spiro atoms. The van der Waals surface area contributed by atoms with Crippen molar-refractivity contribution in [2.24, 2.45) is 5.73 Å². The molecule has 0 saturated heterocycles. The number of rotatable bonds is 1. The van der Waals surface area contributed by atoms with Gasteiger partial charge in [0.15, 0.2) is 0 Å². The molecule has 1 aliphatic carbocycles. The minimum absolute atomic E-state index is 0.0669. The molecule has 0 bridgehead atoms. The van der Waals surface area contributed by atoms with E-state index in [1.165, 1.54) is 27.8 Å². The molecule has 1 atom stereocenters. The van der Waals surface area contributed by atoms with Gasteiger partial charge in [-0.25, -0.2) is 4.98 Å². The molecule has 24 heavy (non-hydrogen) atoms. The Morgan fingerprint density at radius 3 is 2.62 bits per heavy atom. The third-order valence-electron chi connectivity index (χ3n) is 4.89. The lowest BCUT2D eigenvalue weighted by Gasteiger charge is -2.08. The van der Waals surface area contributed by atoms with E-state index in [9.17, 15) is 0 Å². The number of aromatic amines is 1. The Kier molecular flexibility index (Phi) is 2.70. The Hall–Kier alpha value is -2.91. The third-order valence-corrected chi connectivity index (χ3v) is 4.89. The molecule has 0 aliphatic heterocycles. The van der Waals surface area contributed by atoms with Crippen LogP contribution in [0, 0.1) is 6.92 Å². The van der Waals surface area contributed by atoms with Crippen LogP contribution in [0.3, 0.4) is 0 Å². The van der Waals surface area contributed by atoms with E-state index in [0.717, 1.165) is 22.4 Å². The molecule has 3 heteroatoms. The summed E-state index contributed by atoms with van der Waals surface area (Å²) in [7, 11) is 0. The molecule has 0 saturated carbocycles. The number of H-pyrrole nitrogens is 1. The quantitative estimate of drug-likeness (QED) is 0.541. The van der Waals surface area contributed by atoms with Gasteiger partial charge < -0.3 is 10.7 Å². The number of nitrogens with zero attached hydrogens (tertiary/aromatic N) is 1. The van der Waals surface area contributed by atoms with Crippen molar-refractivity contribution in [1.82, 2.24) is 9.97 Å². The van der Waals surface area contributed by atoms with Crippen LogP contribution in [-0.4, -0.2) is 9.97 Å². The molecular formula is C21H17N3. The van der Waals surface area contributed by atoms with Crippen LogP contribution in [-0.2, 0) is 0 Å². The minimum atomic E-state index is -0.0669. The van der Waals surface area contributed by atoms with E-state index in [1.54, 1.807) is 0 Å². The van der Waals surface area contributed by atoms with Crippen LogP contribution in [0.2, 0.25) is 0 Å². The zero-order chi connectivity index (χ0) is 16.3. The van der Waals surface area contributed by atoms with E-state index >= 15 is 0 Å². The number of hydrogen-bond donors (Lipinski definition) is 2. The molecular weight excluding hydrogens is 294 g/mol. The summed E-state index contributed by atoms with van der Waals surface area (Å²) in [5.74, 6) is 0.899. The number of aryl methyl sites for hydroxylation is 1. The first kappa shape index (κ1) is 13.5. The van der Waals surface area contributed by atoms with E-state index in [-0.39, 0.29) is 6.04 Å². The maximum Gasteiger partial charge on any atom is 0.139 e. The van der Waals surface area contributed by atoms with Crippen molar-refractivity contribution < 1.29 is 0 Å². The van der Waals surface area contributed by atoms with Gasteiger partial charge in [-0.2, -0.15) is 0 Å². The summed E-state index contributed by atoms with van der Waals surface area (Å²) in [4.78, 5) is 8.28. The molecule has 3 N–H and O–H groups in total. The van der Waals surface area contributed by atoms with Gasteiger partial charge in [0, 0.05) is 5.56 Å². The normalized spacial score (nSPS) is 15.5. The highest BCUT2D eigenvalue weighted by Crippen LogP contribution is 2.46. The van der Waals surface area contributed by atoms with E-state index in [0.29, 0.717) is 0 Å². The number of nitrogens with two attached hydrogens (primary N) is 1. The van der Waals surface area contributed by atoms with Gasteiger partial charge in [-0.3, -0.25) is 0 Å². The lowest BCUT2D eigenvalue weighted by atomic mass is 9.99. The maximum atomic E-state index is 6.47. The van der Waals surface area contributed by atoms with E-state index in [4.69, 9.17) is 10.7 Å². The van der Waals surface area contributed by atoms with Crippen molar-refractivity contribution in [3.8, 4) is 22.5 Å². The molecule has 1 aromatic heterocycles. The van der Waals surface area contributed by atoms with Gasteiger partial charge in [-0.15, -0.1) is 0 Å². The number of fused-ring (bicyclic) bond motifs is 4. The monoisotopic (exact) mass is 311 g/mol. The summed E-state index contributed by atoms with van der Waals surface area (Å²) < 4.78 is 0. The van der Waals surface area contributed by atoms with Crippen LogP contribution >= 0.6 is 0 Å². The van der Waals surface area contributed by atoms with Crippen molar-refractivity contribution in [2.75, 3.05) is 0 Å². The highest BCUT2D eigenvalue weighted by atomic mass is 14.9. The molecule has 0 fully saturated rings. The van der Waals surface area contributed by atoms with Crippen LogP contribution < -0.4 is 5.73 Å². The highest BCUT2D eigenvalue weighted by Gasteiger charge is 2.28. The first-order valence-corrected chi connectivity index (χ1v) is 8.17. The molecule has 5 rings (SSSR count). The fourth-order valence-corrected chi connectivity index (χ4v) is 3.74. The average Bonchev–Trinajstić information content (AvgIpc) is 3.15. The number of hydrogen-bond acceptors (Lipinski definition) is 2. The zero-order valence-corrected chi connectivity index (χ0v) is 13.4. The molecule has 1 heterocycles. The minimum Gasteiger partial charge on any atom is -0.338 e. The highest BCUT2D eigenvalue weighted by molar-refractivity contribution is 5.91. The van der Waals surface area contributed by atoms with Crippen molar-refractivity contribution >= 4 is 11.0 Å². The molecule has 3 aromatic carbocycles. The fourth-order valence-electron chi connectivity index (χ4n) is 3.74. The van der Waals surface area contributed by atoms with Crippen molar-refractivity contribution in [3.63, 3.8) is 0 Å². The molecule has 4 aromatic rings. The summed E-state index contributed by atoms with van der Waals surface area (Å²) in [6, 6.07) is 20.9. The SMILES string of the molecule is Cc1ccc2nc(-c3cccc4c3-c3ccccc3[C@H]4N)[nH]c2c1. The standard InChI is InChI=1S/C21H17N3/c1-12-9-10-17-18(11-12)24-21(23-17)16-8-4-7-15-19(16)13-5-2-3-6-14(13)20(15)22/h2-11,20H,22H2,1H3,(H,23,24)/t20-/m1/s1. The Labute approximate surface area is 140 Å². The van der Waals surface area contributed by atoms with Gasteiger partial charge in [-0.1, -0.05) is 48.5 Å². The molecule has 0 amide bonds. The summed E-state index contributed by atoms with van der Waals surface area (Å²) >= 11 is 0. The zero-order valence-electron chi connectivity index (χ0n) is 13.4. The van der Waals surface area contributed by atoms with Gasteiger partial charge in [0.2, 0.25) is 0 Å². The predicted molar refractivity (Wildman–Crippen MR) is 97.7 cm³/mol. The molecule has 1 aliphatic rings. The summed E-state index contributed by atoms with van der Waals surface area (Å²) in [6.07, 6.45) is 0. The molecule has 116 valence electrons. The smallest absolute Gasteiger partial charge is 0.139 e. The van der Waals surface area contributed by atoms with Crippen LogP contribution in [0.1, 0.15) is 22.7 Å². The number of nitrogens with one attached hydrogen (secondary N) is 1. The van der Waals surface area contributed by atoms with Gasteiger partial charge in [0.25, 0.3) is 0 Å². The first-order valence-electron chi connectivity index (χ1n) is 8.17. The van der Waals surface area contributed by atoms with Crippen molar-refractivity contribution in [3.05, 3.63) is 77.4 Å². The van der Waals surface area contributed by atoms with Crippen LogP contribution in [0.5, 0.6) is 0 Å². The van der Waals surface area contributed by atoms with Crippen molar-refractivity contribution in [1.29, 1.82) is 0 Å². The largest absolute Gasteiger partial charge is 0.338 e. The number of aromatic nitrogens is 2. The number of imidazole rings is 1. The molecule has 0 unspecified atom stereocenters. The van der Waals surface area contributed by atoms with Gasteiger partial charge >= 0.3 is 0 Å². The van der Waals surface area contributed by atoms with Crippen LogP contribution in [0.4, 0.5) is 0 Å². The van der Waals surface area contributed by atoms with Gasteiger partial charge in [-0.05, 0) is 46.9 Å². The Morgan fingerprint density at radius 2 is 1.71 bits per heavy atom. The summed E-state index contributed by atoms with van der Waals surface area (Å²) in [6.45, 7) is 2.09. The third kappa shape index (κ3) is 1.79. The average molecular weight is 311 g/mol. The second kappa shape index (κ2) is 4.79. The Balaban J connectivity index is 1.79. The van der Waals surface area contributed by atoms with Crippen molar-refractivity contribution in [2.45, 2.75) is 13.0 Å².